The van der Waals surface area contributed by atoms with Gasteiger partial charge in [0.2, 0.25) is 19.1 Å². The Morgan fingerprint density at radius 1 is 0.512 bits per heavy atom. The van der Waals surface area contributed by atoms with Gasteiger partial charge in [-0.15, -0.1) is 0 Å². The van der Waals surface area contributed by atoms with Crippen LogP contribution in [0.3, 0.4) is 0 Å². The second-order valence-electron chi connectivity index (χ2n) is 12.5. The van der Waals surface area contributed by atoms with Crippen LogP contribution >= 0.6 is 0 Å². The number of rotatable bonds is 4. The molecule has 6 rings (SSSR count). The fraction of sp³-hybridized carbons (Fsp3) is 0.237. The number of aryl methyl sites for hydroxylation is 6. The van der Waals surface area contributed by atoms with E-state index in [-0.39, 0.29) is 13.4 Å². The minimum atomic E-state index is 0.155. The molecule has 0 bridgehead atoms. The average molecular weight is 532 g/mol. The van der Waals surface area contributed by atoms with Crippen LogP contribution in [0.25, 0.3) is 11.3 Å². The van der Waals surface area contributed by atoms with Crippen molar-refractivity contribution < 1.29 is 4.57 Å². The van der Waals surface area contributed by atoms with Gasteiger partial charge in [0.15, 0.2) is 6.20 Å². The van der Waals surface area contributed by atoms with Crippen molar-refractivity contribution in [1.29, 1.82) is 0 Å². The number of hydrogen-bond acceptors (Lipinski definition) is 0. The Kier molecular flexibility index (Phi) is 7.02. The van der Waals surface area contributed by atoms with Gasteiger partial charge < -0.3 is 0 Å². The highest BCUT2D eigenvalue weighted by atomic mass is 14.9. The molecule has 4 aromatic carbocycles. The maximum Gasteiger partial charge on any atom is 0.241 e. The summed E-state index contributed by atoms with van der Waals surface area (Å²) in [6, 6.07) is 32.2. The van der Waals surface area contributed by atoms with E-state index in [0.717, 1.165) is 0 Å². The van der Waals surface area contributed by atoms with Gasteiger partial charge in [-0.05, 0) is 52.2 Å². The zero-order chi connectivity index (χ0) is 29.0. The number of pyridine rings is 1. The smallest absolute Gasteiger partial charge is 0.201 e. The first kappa shape index (κ1) is 27.3. The molecule has 2 heterocycles. The van der Waals surface area contributed by atoms with Gasteiger partial charge >= 0.3 is 0 Å². The summed E-state index contributed by atoms with van der Waals surface area (Å²) in [6.45, 7) is 16.3. The lowest BCUT2D eigenvalue weighted by Gasteiger charge is -2.36. The molecule has 1 aromatic heterocycles. The fourth-order valence-electron chi connectivity index (χ4n) is 7.41. The molecule has 1 aliphatic rings. The summed E-state index contributed by atoms with van der Waals surface area (Å²) >= 11 is 0. The summed E-state index contributed by atoms with van der Waals surface area (Å²) in [5.74, 6) is 0.490. The largest absolute Gasteiger partial charge is 0.241 e. The van der Waals surface area contributed by atoms with E-state index in [4.69, 9.17) is 0 Å². The standard InChI is InChI=1S/C38H40B2N/c1-24(2)30-20-22-34(41(8)23-30)35-25(3)19-21-33-38(35)40(37-28(6)15-12-16-29(37)7)32-18-10-9-17-31(32)39(33)36-26(4)13-11-14-27(36)5/h9-24H,1-8H3/q+1. The Hall–Kier alpha value is -3.84. The van der Waals surface area contributed by atoms with Crippen molar-refractivity contribution in [2.75, 3.05) is 0 Å². The molecule has 0 atom stereocenters. The third kappa shape index (κ3) is 4.47. The number of benzene rings is 4. The van der Waals surface area contributed by atoms with E-state index in [1.807, 2.05) is 0 Å². The molecule has 3 heteroatoms. The summed E-state index contributed by atoms with van der Waals surface area (Å²) in [4.78, 5) is 0. The van der Waals surface area contributed by atoms with E-state index in [0.29, 0.717) is 5.92 Å². The van der Waals surface area contributed by atoms with Crippen molar-refractivity contribution in [3.05, 3.63) is 125 Å². The molecular formula is C38H40B2N+. The second kappa shape index (κ2) is 10.5. The first-order valence-electron chi connectivity index (χ1n) is 15.0. The van der Waals surface area contributed by atoms with Crippen LogP contribution in [0, 0.1) is 34.6 Å². The minimum Gasteiger partial charge on any atom is -0.201 e. The SMILES string of the molecule is Cc1cccc(C)c1B1c2ccccc2B(c2c(C)cccc2C)c2c1ccc(C)c2-c1ccc(C(C)C)c[n+]1C. The maximum atomic E-state index is 2.43. The number of nitrogens with zero attached hydrogens (tertiary/aromatic N) is 1. The molecule has 0 amide bonds. The van der Waals surface area contributed by atoms with Gasteiger partial charge in [-0.3, -0.25) is 0 Å². The molecule has 0 radical (unpaired) electrons. The molecule has 1 aliphatic heterocycles. The normalized spacial score (nSPS) is 12.5. The Bertz CT molecular complexity index is 1760. The van der Waals surface area contributed by atoms with E-state index in [1.165, 1.54) is 77.4 Å². The molecule has 5 aromatic rings. The maximum absolute atomic E-state index is 2.43. The van der Waals surface area contributed by atoms with Gasteiger partial charge in [-0.1, -0.05) is 142 Å². The molecule has 0 saturated carbocycles. The lowest BCUT2D eigenvalue weighted by Crippen LogP contribution is -2.76. The lowest BCUT2D eigenvalue weighted by atomic mass is 9.19. The molecule has 202 valence electrons. The Morgan fingerprint density at radius 3 is 1.59 bits per heavy atom. The summed E-state index contributed by atoms with van der Waals surface area (Å²) in [7, 11) is 2.22. The van der Waals surface area contributed by atoms with Crippen LogP contribution in [0.4, 0.5) is 0 Å². The number of aromatic nitrogens is 1. The summed E-state index contributed by atoms with van der Waals surface area (Å²) in [5, 5.41) is 0. The van der Waals surface area contributed by atoms with E-state index < -0.39 is 0 Å². The molecule has 0 fully saturated rings. The highest BCUT2D eigenvalue weighted by molar-refractivity contribution is 7.12. The molecule has 1 nitrogen and oxygen atoms in total. The third-order valence-electron chi connectivity index (χ3n) is 9.45. The highest BCUT2D eigenvalue weighted by Gasteiger charge is 2.43. The highest BCUT2D eigenvalue weighted by Crippen LogP contribution is 2.23. The van der Waals surface area contributed by atoms with Crippen molar-refractivity contribution in [3.8, 4) is 11.3 Å². The molecule has 0 N–H and O–H groups in total. The van der Waals surface area contributed by atoms with E-state index >= 15 is 0 Å². The van der Waals surface area contributed by atoms with Crippen molar-refractivity contribution in [3.63, 3.8) is 0 Å². The van der Waals surface area contributed by atoms with Crippen LogP contribution < -0.4 is 37.3 Å². The third-order valence-corrected chi connectivity index (χ3v) is 9.45. The Labute approximate surface area is 247 Å². The topological polar surface area (TPSA) is 3.88 Å². The van der Waals surface area contributed by atoms with E-state index in [1.54, 1.807) is 0 Å². The predicted molar refractivity (Wildman–Crippen MR) is 179 cm³/mol. The Balaban J connectivity index is 1.77. The fourth-order valence-corrected chi connectivity index (χ4v) is 7.41. The van der Waals surface area contributed by atoms with E-state index in [2.05, 4.69) is 151 Å². The summed E-state index contributed by atoms with van der Waals surface area (Å²) < 4.78 is 2.36. The van der Waals surface area contributed by atoms with Crippen LogP contribution in [-0.4, -0.2) is 13.4 Å². The van der Waals surface area contributed by atoms with Gasteiger partial charge in [0.05, 0.1) is 0 Å². The van der Waals surface area contributed by atoms with Gasteiger partial charge in [0.1, 0.15) is 7.05 Å². The zero-order valence-electron chi connectivity index (χ0n) is 25.8. The summed E-state index contributed by atoms with van der Waals surface area (Å²) in [6.07, 6.45) is 2.33. The van der Waals surface area contributed by atoms with Crippen molar-refractivity contribution >= 4 is 46.2 Å². The summed E-state index contributed by atoms with van der Waals surface area (Å²) in [5.41, 5.74) is 19.4. The molecular weight excluding hydrogens is 492 g/mol. The van der Waals surface area contributed by atoms with Crippen LogP contribution in [0.5, 0.6) is 0 Å². The zero-order valence-corrected chi connectivity index (χ0v) is 25.8. The molecule has 0 unspecified atom stereocenters. The average Bonchev–Trinajstić information content (AvgIpc) is 2.94. The van der Waals surface area contributed by atoms with E-state index in [9.17, 15) is 0 Å². The van der Waals surface area contributed by atoms with Crippen LogP contribution in [0.1, 0.15) is 53.1 Å². The monoisotopic (exact) mass is 532 g/mol. The first-order valence-corrected chi connectivity index (χ1v) is 15.0. The molecule has 41 heavy (non-hydrogen) atoms. The molecule has 0 spiro atoms. The van der Waals surface area contributed by atoms with Gasteiger partial charge in [-0.2, -0.15) is 0 Å². The molecule has 0 aliphatic carbocycles. The lowest BCUT2D eigenvalue weighted by molar-refractivity contribution is -0.660. The van der Waals surface area contributed by atoms with Crippen molar-refractivity contribution in [1.82, 2.24) is 0 Å². The van der Waals surface area contributed by atoms with Gasteiger partial charge in [0.25, 0.3) is 0 Å². The van der Waals surface area contributed by atoms with Crippen LogP contribution in [-0.2, 0) is 7.05 Å². The van der Waals surface area contributed by atoms with Crippen LogP contribution in [0.2, 0.25) is 0 Å². The van der Waals surface area contributed by atoms with Crippen molar-refractivity contribution in [2.24, 2.45) is 7.05 Å². The predicted octanol–water partition coefficient (Wildman–Crippen LogP) is 4.19. The van der Waals surface area contributed by atoms with Crippen molar-refractivity contribution in [2.45, 2.75) is 54.4 Å². The number of fused-ring (bicyclic) bond motifs is 2. The van der Waals surface area contributed by atoms with Crippen LogP contribution in [0.15, 0.2) is 91.1 Å². The second-order valence-corrected chi connectivity index (χ2v) is 12.5. The first-order chi connectivity index (χ1) is 19.7. The van der Waals surface area contributed by atoms with Gasteiger partial charge in [0, 0.05) is 17.2 Å². The minimum absolute atomic E-state index is 0.155. The quantitative estimate of drug-likeness (QED) is 0.237. The molecule has 0 saturated heterocycles. The van der Waals surface area contributed by atoms with Gasteiger partial charge in [-0.25, -0.2) is 4.57 Å². The number of hydrogen-bond donors (Lipinski definition) is 0. The Morgan fingerprint density at radius 2 is 1.05 bits per heavy atom.